The summed E-state index contributed by atoms with van der Waals surface area (Å²) in [5.41, 5.74) is -0.397. The quantitative estimate of drug-likeness (QED) is 0.896. The molecule has 1 unspecified atom stereocenters. The molecule has 5 heteroatoms. The summed E-state index contributed by atoms with van der Waals surface area (Å²) in [6.45, 7) is 0. The molecular weight excluding hydrogens is 288 g/mol. The van der Waals surface area contributed by atoms with E-state index in [0.717, 1.165) is 0 Å². The molecule has 1 atom stereocenters. The van der Waals surface area contributed by atoms with Crippen molar-refractivity contribution in [2.75, 3.05) is 7.11 Å². The molecule has 4 nitrogen and oxygen atoms in total. The second kappa shape index (κ2) is 4.31. The van der Waals surface area contributed by atoms with E-state index in [2.05, 4.69) is 15.9 Å². The summed E-state index contributed by atoms with van der Waals surface area (Å²) in [6.07, 6.45) is 0.0718. The first-order chi connectivity index (χ1) is 8.01. The Hall–Kier alpha value is -1.07. The Morgan fingerprint density at radius 1 is 1.53 bits per heavy atom. The van der Waals surface area contributed by atoms with Gasteiger partial charge in [0.15, 0.2) is 0 Å². The molecule has 2 N–H and O–H groups in total. The van der Waals surface area contributed by atoms with Gasteiger partial charge in [-0.25, -0.2) is 0 Å². The predicted octanol–water partition coefficient (Wildman–Crippen LogP) is 2.36. The average molecular weight is 301 g/mol. The molecular formula is C12H13BrO4. The lowest BCUT2D eigenvalue weighted by molar-refractivity contribution is -0.148. The van der Waals surface area contributed by atoms with Gasteiger partial charge in [0.05, 0.1) is 23.1 Å². The van der Waals surface area contributed by atoms with Crippen LogP contribution in [0.25, 0.3) is 0 Å². The number of aliphatic carboxylic acids is 1. The van der Waals surface area contributed by atoms with Crippen molar-refractivity contribution in [3.8, 4) is 5.75 Å². The molecule has 92 valence electrons. The van der Waals surface area contributed by atoms with Crippen LogP contribution in [0.3, 0.4) is 0 Å². The smallest absolute Gasteiger partial charge is 0.312 e. The SMILES string of the molecule is COc1ccc(C(O)C2(C(=O)O)CC2)cc1Br. The molecule has 1 aromatic rings. The van der Waals surface area contributed by atoms with Crippen molar-refractivity contribution >= 4 is 21.9 Å². The molecule has 0 spiro atoms. The van der Waals surface area contributed by atoms with E-state index in [-0.39, 0.29) is 0 Å². The zero-order valence-electron chi connectivity index (χ0n) is 9.31. The second-order valence-electron chi connectivity index (χ2n) is 4.26. The maximum Gasteiger partial charge on any atom is 0.312 e. The molecule has 1 saturated carbocycles. The number of hydrogen-bond donors (Lipinski definition) is 2. The summed E-state index contributed by atoms with van der Waals surface area (Å²) in [4.78, 5) is 11.1. The lowest BCUT2D eigenvalue weighted by Gasteiger charge is -2.19. The number of carboxylic acids is 1. The van der Waals surface area contributed by atoms with Crippen LogP contribution in [0, 0.1) is 5.41 Å². The number of halogens is 1. The Kier molecular flexibility index (Phi) is 3.14. The standard InChI is InChI=1S/C12H13BrO4/c1-17-9-3-2-7(6-8(9)13)10(14)12(4-5-12)11(15)16/h2-3,6,10,14H,4-5H2,1H3,(H,15,16). The van der Waals surface area contributed by atoms with E-state index in [1.807, 2.05) is 0 Å². The largest absolute Gasteiger partial charge is 0.496 e. The molecule has 1 aliphatic rings. The number of hydrogen-bond acceptors (Lipinski definition) is 3. The van der Waals surface area contributed by atoms with Crippen LogP contribution >= 0.6 is 15.9 Å². The number of aliphatic hydroxyl groups excluding tert-OH is 1. The summed E-state index contributed by atoms with van der Waals surface area (Å²) in [5, 5.41) is 19.2. The Morgan fingerprint density at radius 3 is 2.59 bits per heavy atom. The topological polar surface area (TPSA) is 66.8 Å². The van der Waals surface area contributed by atoms with E-state index in [1.165, 1.54) is 0 Å². The fraction of sp³-hybridized carbons (Fsp3) is 0.417. The lowest BCUT2D eigenvalue weighted by atomic mass is 9.93. The minimum absolute atomic E-state index is 0.521. The Labute approximate surface area is 107 Å². The maximum absolute atomic E-state index is 11.1. The number of carbonyl (C=O) groups is 1. The van der Waals surface area contributed by atoms with Crippen LogP contribution in [0.5, 0.6) is 5.75 Å². The Morgan fingerprint density at radius 2 is 2.18 bits per heavy atom. The fourth-order valence-electron chi connectivity index (χ4n) is 1.91. The number of ether oxygens (including phenoxy) is 1. The molecule has 0 aliphatic heterocycles. The lowest BCUT2D eigenvalue weighted by Crippen LogP contribution is -2.23. The number of carboxylic acid groups (broad SMARTS) is 1. The van der Waals surface area contributed by atoms with Gasteiger partial charge >= 0.3 is 5.97 Å². The summed E-state index contributed by atoms with van der Waals surface area (Å²) in [5.74, 6) is -0.280. The third-order valence-electron chi connectivity index (χ3n) is 3.23. The molecule has 1 aromatic carbocycles. The molecule has 0 aromatic heterocycles. The summed E-state index contributed by atoms with van der Waals surface area (Å²) in [6, 6.07) is 5.10. The van der Waals surface area contributed by atoms with E-state index < -0.39 is 17.5 Å². The van der Waals surface area contributed by atoms with Crippen molar-refractivity contribution in [3.63, 3.8) is 0 Å². The molecule has 0 bridgehead atoms. The van der Waals surface area contributed by atoms with E-state index in [1.54, 1.807) is 25.3 Å². The van der Waals surface area contributed by atoms with Crippen LogP contribution in [0.15, 0.2) is 22.7 Å². The van der Waals surface area contributed by atoms with Gasteiger partial charge in [0.1, 0.15) is 5.75 Å². The van der Waals surface area contributed by atoms with E-state index in [9.17, 15) is 9.90 Å². The van der Waals surface area contributed by atoms with Crippen molar-refractivity contribution in [2.45, 2.75) is 18.9 Å². The van der Waals surface area contributed by atoms with Gasteiger partial charge in [-0.05, 0) is 46.5 Å². The predicted molar refractivity (Wildman–Crippen MR) is 65.0 cm³/mol. The molecule has 0 radical (unpaired) electrons. The van der Waals surface area contributed by atoms with Crippen molar-refractivity contribution in [3.05, 3.63) is 28.2 Å². The second-order valence-corrected chi connectivity index (χ2v) is 5.11. The minimum Gasteiger partial charge on any atom is -0.496 e. The fourth-order valence-corrected chi connectivity index (χ4v) is 2.47. The van der Waals surface area contributed by atoms with Gasteiger partial charge in [0.2, 0.25) is 0 Å². The summed E-state index contributed by atoms with van der Waals surface area (Å²) in [7, 11) is 1.55. The molecule has 1 aliphatic carbocycles. The third-order valence-corrected chi connectivity index (χ3v) is 3.85. The van der Waals surface area contributed by atoms with E-state index in [4.69, 9.17) is 9.84 Å². The molecule has 0 amide bonds. The monoisotopic (exact) mass is 300 g/mol. The zero-order valence-corrected chi connectivity index (χ0v) is 10.9. The summed E-state index contributed by atoms with van der Waals surface area (Å²) >= 11 is 3.32. The number of rotatable bonds is 4. The molecule has 0 saturated heterocycles. The highest BCUT2D eigenvalue weighted by molar-refractivity contribution is 9.10. The highest BCUT2D eigenvalue weighted by atomic mass is 79.9. The average Bonchev–Trinajstić information content (AvgIpc) is 3.09. The van der Waals surface area contributed by atoms with Gasteiger partial charge in [0.25, 0.3) is 0 Å². The first-order valence-electron chi connectivity index (χ1n) is 5.26. The Balaban J connectivity index is 2.29. The van der Waals surface area contributed by atoms with Gasteiger partial charge < -0.3 is 14.9 Å². The van der Waals surface area contributed by atoms with Crippen LogP contribution in [0.2, 0.25) is 0 Å². The highest BCUT2D eigenvalue weighted by Crippen LogP contribution is 2.55. The van der Waals surface area contributed by atoms with Gasteiger partial charge in [-0.1, -0.05) is 6.07 Å². The van der Waals surface area contributed by atoms with Gasteiger partial charge in [-0.15, -0.1) is 0 Å². The van der Waals surface area contributed by atoms with Gasteiger partial charge in [0, 0.05) is 0 Å². The van der Waals surface area contributed by atoms with Gasteiger partial charge in [-0.2, -0.15) is 0 Å². The van der Waals surface area contributed by atoms with Crippen LogP contribution in [-0.2, 0) is 4.79 Å². The van der Waals surface area contributed by atoms with Crippen LogP contribution in [0.4, 0.5) is 0 Å². The number of methoxy groups -OCH3 is 1. The third kappa shape index (κ3) is 2.05. The summed E-state index contributed by atoms with van der Waals surface area (Å²) < 4.78 is 5.79. The van der Waals surface area contributed by atoms with Crippen molar-refractivity contribution in [1.29, 1.82) is 0 Å². The van der Waals surface area contributed by atoms with Crippen molar-refractivity contribution in [2.24, 2.45) is 5.41 Å². The van der Waals surface area contributed by atoms with Crippen molar-refractivity contribution in [1.82, 2.24) is 0 Å². The van der Waals surface area contributed by atoms with Crippen LogP contribution in [-0.4, -0.2) is 23.3 Å². The highest BCUT2D eigenvalue weighted by Gasteiger charge is 2.56. The number of benzene rings is 1. The normalized spacial score (nSPS) is 18.5. The Bertz CT molecular complexity index is 454. The molecule has 17 heavy (non-hydrogen) atoms. The maximum atomic E-state index is 11.1. The first-order valence-corrected chi connectivity index (χ1v) is 6.05. The van der Waals surface area contributed by atoms with Crippen LogP contribution < -0.4 is 4.74 Å². The van der Waals surface area contributed by atoms with Crippen LogP contribution in [0.1, 0.15) is 24.5 Å². The molecule has 0 heterocycles. The first kappa shape index (κ1) is 12.4. The van der Waals surface area contributed by atoms with E-state index in [0.29, 0.717) is 28.6 Å². The molecule has 2 rings (SSSR count). The van der Waals surface area contributed by atoms with Gasteiger partial charge in [-0.3, -0.25) is 4.79 Å². The molecule has 1 fully saturated rings. The minimum atomic E-state index is -0.992. The van der Waals surface area contributed by atoms with E-state index >= 15 is 0 Å². The zero-order chi connectivity index (χ0) is 12.6. The van der Waals surface area contributed by atoms with Crippen molar-refractivity contribution < 1.29 is 19.7 Å². The number of aliphatic hydroxyl groups is 1.